The normalized spacial score (nSPS) is 23.0. The third kappa shape index (κ3) is 1.72. The molecule has 0 aliphatic carbocycles. The van der Waals surface area contributed by atoms with E-state index in [1.54, 1.807) is 18.4 Å². The SMILES string of the molecule is CC1([C-]=O)C=CCn2c(=O)[nH]c(=O)n21.[Y]. The zero-order valence-corrected chi connectivity index (χ0v) is 10.9. The minimum atomic E-state index is -1.19. The third-order valence-electron chi connectivity index (χ3n) is 2.25. The summed E-state index contributed by atoms with van der Waals surface area (Å²) in [5.41, 5.74) is -2.29. The maximum absolute atomic E-state index is 11.3. The minimum absolute atomic E-state index is 0. The predicted octanol–water partition coefficient (Wildman–Crippen LogP) is -1.27. The van der Waals surface area contributed by atoms with Crippen LogP contribution < -0.4 is 11.4 Å². The minimum Gasteiger partial charge on any atom is -0.539 e. The van der Waals surface area contributed by atoms with Crippen molar-refractivity contribution in [2.24, 2.45) is 0 Å². The number of rotatable bonds is 1. The Kier molecular flexibility index (Phi) is 3.30. The topological polar surface area (TPSA) is 76.9 Å². The van der Waals surface area contributed by atoms with Crippen LogP contribution in [-0.4, -0.2) is 20.6 Å². The van der Waals surface area contributed by atoms with E-state index in [-0.39, 0.29) is 39.3 Å². The Hall–Kier alpha value is -0.746. The van der Waals surface area contributed by atoms with Gasteiger partial charge in [0.15, 0.2) is 0 Å². The molecule has 0 spiro atoms. The van der Waals surface area contributed by atoms with Crippen LogP contribution in [-0.2, 0) is 49.6 Å². The molecule has 6 nitrogen and oxygen atoms in total. The summed E-state index contributed by atoms with van der Waals surface area (Å²) >= 11 is 0. The van der Waals surface area contributed by atoms with Crippen LogP contribution in [0.4, 0.5) is 0 Å². The fourth-order valence-corrected chi connectivity index (χ4v) is 1.57. The van der Waals surface area contributed by atoms with Crippen molar-refractivity contribution >= 4 is 6.29 Å². The average molecular weight is 283 g/mol. The van der Waals surface area contributed by atoms with Gasteiger partial charge >= 0.3 is 11.4 Å². The summed E-state index contributed by atoms with van der Waals surface area (Å²) < 4.78 is 2.25. The maximum atomic E-state index is 11.3. The van der Waals surface area contributed by atoms with Crippen LogP contribution in [0.15, 0.2) is 21.7 Å². The molecule has 0 aromatic carbocycles. The maximum Gasteiger partial charge on any atom is 0.344 e. The molecule has 1 aromatic rings. The molecule has 1 aromatic heterocycles. The summed E-state index contributed by atoms with van der Waals surface area (Å²) in [5.74, 6) is 0. The van der Waals surface area contributed by atoms with Crippen LogP contribution in [0.2, 0.25) is 0 Å². The van der Waals surface area contributed by atoms with Gasteiger partial charge in [0.2, 0.25) is 0 Å². The molecule has 0 amide bonds. The van der Waals surface area contributed by atoms with Gasteiger partial charge in [-0.05, 0) is 5.54 Å². The van der Waals surface area contributed by atoms with Gasteiger partial charge < -0.3 is 4.79 Å². The zero-order valence-electron chi connectivity index (χ0n) is 8.06. The number of aromatic amines is 1. The molecule has 1 radical (unpaired) electrons. The van der Waals surface area contributed by atoms with Gasteiger partial charge in [0, 0.05) is 32.7 Å². The molecule has 0 fully saturated rings. The standard InChI is InChI=1S/C8H8N3O3.Y/c1-8(5-12)3-2-4-10-6(13)9-7(14)11(8)10;/h2-3H,4H2,1H3,(H,9,13,14);/q-1;. The Balaban J connectivity index is 0.00000112. The number of nitrogens with zero attached hydrogens (tertiary/aromatic N) is 2. The number of H-pyrrole nitrogens is 1. The Bertz CT molecular complexity index is 524. The predicted molar refractivity (Wildman–Crippen MR) is 47.8 cm³/mol. The molecule has 2 rings (SSSR count). The molecule has 0 saturated heterocycles. The van der Waals surface area contributed by atoms with Crippen LogP contribution in [0.25, 0.3) is 0 Å². The van der Waals surface area contributed by atoms with Crippen molar-refractivity contribution in [1.29, 1.82) is 0 Å². The van der Waals surface area contributed by atoms with Gasteiger partial charge in [-0.15, -0.1) is 0 Å². The average Bonchev–Trinajstić information content (AvgIpc) is 2.44. The van der Waals surface area contributed by atoms with E-state index in [2.05, 4.69) is 4.98 Å². The van der Waals surface area contributed by atoms with Crippen LogP contribution in [0.3, 0.4) is 0 Å². The van der Waals surface area contributed by atoms with Crippen LogP contribution in [0.1, 0.15) is 6.92 Å². The van der Waals surface area contributed by atoms with Gasteiger partial charge in [0.1, 0.15) is 0 Å². The second kappa shape index (κ2) is 4.02. The summed E-state index contributed by atoms with van der Waals surface area (Å²) in [6, 6.07) is 0. The first kappa shape index (κ1) is 12.3. The van der Waals surface area contributed by atoms with Crippen molar-refractivity contribution in [1.82, 2.24) is 14.3 Å². The van der Waals surface area contributed by atoms with Crippen molar-refractivity contribution in [2.75, 3.05) is 0 Å². The quantitative estimate of drug-likeness (QED) is 0.516. The van der Waals surface area contributed by atoms with E-state index < -0.39 is 16.9 Å². The zero-order chi connectivity index (χ0) is 10.3. The second-order valence-corrected chi connectivity index (χ2v) is 3.28. The summed E-state index contributed by atoms with van der Waals surface area (Å²) in [6.45, 7) is 1.80. The van der Waals surface area contributed by atoms with Crippen molar-refractivity contribution < 1.29 is 37.5 Å². The first-order valence-corrected chi connectivity index (χ1v) is 4.08. The number of hydrogen-bond donors (Lipinski definition) is 1. The molecule has 1 N–H and O–H groups in total. The largest absolute Gasteiger partial charge is 0.539 e. The van der Waals surface area contributed by atoms with Gasteiger partial charge in [0.05, 0.1) is 6.54 Å². The van der Waals surface area contributed by atoms with E-state index in [4.69, 9.17) is 0 Å². The fraction of sp³-hybridized carbons (Fsp3) is 0.375. The molecule has 0 saturated carbocycles. The van der Waals surface area contributed by atoms with Crippen molar-refractivity contribution in [3.63, 3.8) is 0 Å². The number of allylic oxidation sites excluding steroid dienone is 2. The van der Waals surface area contributed by atoms with Gasteiger partial charge in [-0.25, -0.2) is 25.2 Å². The molecule has 77 valence electrons. The molecule has 1 aliphatic rings. The van der Waals surface area contributed by atoms with Crippen molar-refractivity contribution in [3.05, 3.63) is 33.1 Å². The molecule has 1 unspecified atom stereocenters. The first-order valence-electron chi connectivity index (χ1n) is 4.08. The third-order valence-corrected chi connectivity index (χ3v) is 2.25. The van der Waals surface area contributed by atoms with Gasteiger partial charge in [-0.1, -0.05) is 19.1 Å². The van der Waals surface area contributed by atoms with E-state index >= 15 is 0 Å². The van der Waals surface area contributed by atoms with Gasteiger partial charge in [-0.2, -0.15) is 0 Å². The van der Waals surface area contributed by atoms with Gasteiger partial charge in [0.25, 0.3) is 0 Å². The smallest absolute Gasteiger partial charge is 0.344 e. The molecule has 1 atom stereocenters. The Labute approximate surface area is 110 Å². The molecular formula is C8H8N3O3Y-. The van der Waals surface area contributed by atoms with E-state index in [0.717, 1.165) is 4.68 Å². The number of nitrogens with one attached hydrogen (secondary N) is 1. The monoisotopic (exact) mass is 283 g/mol. The van der Waals surface area contributed by atoms with Crippen molar-refractivity contribution in [2.45, 2.75) is 19.0 Å². The molecule has 15 heavy (non-hydrogen) atoms. The number of carbonyl (C=O) groups excluding carboxylic acids is 1. The van der Waals surface area contributed by atoms with E-state index in [1.165, 1.54) is 11.6 Å². The van der Waals surface area contributed by atoms with Crippen molar-refractivity contribution in [3.8, 4) is 0 Å². The fourth-order valence-electron chi connectivity index (χ4n) is 1.57. The Morgan fingerprint density at radius 3 is 2.73 bits per heavy atom. The molecule has 7 heteroatoms. The summed E-state index contributed by atoms with van der Waals surface area (Å²) in [6.07, 6.45) is 4.94. The molecule has 1 aliphatic heterocycles. The van der Waals surface area contributed by atoms with Gasteiger partial charge in [-0.3, -0.25) is 4.98 Å². The van der Waals surface area contributed by atoms with E-state index in [9.17, 15) is 14.4 Å². The summed E-state index contributed by atoms with van der Waals surface area (Å²) in [4.78, 5) is 35.4. The number of aromatic nitrogens is 3. The van der Waals surface area contributed by atoms with E-state index in [1.807, 2.05) is 0 Å². The summed E-state index contributed by atoms with van der Waals surface area (Å²) in [5, 5.41) is 0. The Morgan fingerprint density at radius 2 is 2.13 bits per heavy atom. The molecular weight excluding hydrogens is 275 g/mol. The Morgan fingerprint density at radius 1 is 1.47 bits per heavy atom. The number of hydrogen-bond acceptors (Lipinski definition) is 3. The second-order valence-electron chi connectivity index (χ2n) is 3.28. The van der Waals surface area contributed by atoms with Crippen LogP contribution in [0.5, 0.6) is 0 Å². The summed E-state index contributed by atoms with van der Waals surface area (Å²) in [7, 11) is 0. The number of fused-ring (bicyclic) bond motifs is 1. The van der Waals surface area contributed by atoms with Crippen LogP contribution >= 0.6 is 0 Å². The van der Waals surface area contributed by atoms with E-state index in [0.29, 0.717) is 0 Å². The first-order chi connectivity index (χ1) is 6.58. The molecule has 0 bridgehead atoms. The molecule has 2 heterocycles. The van der Waals surface area contributed by atoms with Crippen LogP contribution in [0, 0.1) is 0 Å².